The largest absolute Gasteiger partial charge is 0.314 e. The summed E-state index contributed by atoms with van der Waals surface area (Å²) in [6, 6.07) is 7.09. The molecule has 1 aliphatic carbocycles. The van der Waals surface area contributed by atoms with Gasteiger partial charge in [-0.05, 0) is 70.3 Å². The fraction of sp³-hybridized carbons (Fsp3) is 0.647. The highest BCUT2D eigenvalue weighted by molar-refractivity contribution is 5.35. The maximum atomic E-state index is 3.36. The van der Waals surface area contributed by atoms with Gasteiger partial charge in [0, 0.05) is 18.6 Å². The third-order valence-electron chi connectivity index (χ3n) is 4.29. The van der Waals surface area contributed by atoms with Crippen molar-refractivity contribution < 1.29 is 0 Å². The first kappa shape index (κ1) is 14.5. The van der Waals surface area contributed by atoms with Crippen LogP contribution in [0.2, 0.25) is 0 Å². The summed E-state index contributed by atoms with van der Waals surface area (Å²) in [6.45, 7) is 6.70. The van der Waals surface area contributed by atoms with E-state index in [1.807, 2.05) is 7.05 Å². The van der Waals surface area contributed by atoms with Crippen molar-refractivity contribution in [3.05, 3.63) is 34.9 Å². The van der Waals surface area contributed by atoms with Crippen molar-refractivity contribution in [1.29, 1.82) is 0 Å². The van der Waals surface area contributed by atoms with Crippen LogP contribution in [0.1, 0.15) is 37.0 Å². The molecule has 0 bridgehead atoms. The summed E-state index contributed by atoms with van der Waals surface area (Å²) in [5, 5.41) is 3.36. The van der Waals surface area contributed by atoms with Crippen molar-refractivity contribution in [2.75, 3.05) is 27.2 Å². The van der Waals surface area contributed by atoms with Crippen molar-refractivity contribution in [2.45, 2.75) is 45.1 Å². The molecule has 1 aromatic carbocycles. The topological polar surface area (TPSA) is 15.3 Å². The number of nitrogens with zero attached hydrogens (tertiary/aromatic N) is 1. The number of hydrogen-bond acceptors (Lipinski definition) is 2. The molecule has 0 fully saturated rings. The van der Waals surface area contributed by atoms with E-state index in [2.05, 4.69) is 49.3 Å². The van der Waals surface area contributed by atoms with Crippen molar-refractivity contribution in [3.8, 4) is 0 Å². The van der Waals surface area contributed by atoms with Gasteiger partial charge in [0.25, 0.3) is 0 Å². The van der Waals surface area contributed by atoms with Crippen LogP contribution in [-0.2, 0) is 19.3 Å². The van der Waals surface area contributed by atoms with E-state index in [-0.39, 0.29) is 5.54 Å². The SMILES string of the molecule is CNC(C)(C)CN(C)CCc1ccc2c(c1)CCC2. The molecule has 2 heteroatoms. The molecule has 0 aliphatic heterocycles. The molecule has 1 aromatic rings. The van der Waals surface area contributed by atoms with Gasteiger partial charge >= 0.3 is 0 Å². The molecule has 0 amide bonds. The molecular weight excluding hydrogens is 232 g/mol. The van der Waals surface area contributed by atoms with Gasteiger partial charge in [-0.1, -0.05) is 18.2 Å². The molecule has 2 nitrogen and oxygen atoms in total. The molecule has 0 atom stereocenters. The number of aryl methyl sites for hydroxylation is 2. The van der Waals surface area contributed by atoms with E-state index in [1.54, 1.807) is 11.1 Å². The van der Waals surface area contributed by atoms with Gasteiger partial charge in [-0.15, -0.1) is 0 Å². The van der Waals surface area contributed by atoms with E-state index in [0.29, 0.717) is 0 Å². The predicted molar refractivity (Wildman–Crippen MR) is 82.8 cm³/mol. The minimum absolute atomic E-state index is 0.187. The Hall–Kier alpha value is -0.860. The van der Waals surface area contributed by atoms with Crippen molar-refractivity contribution in [2.24, 2.45) is 0 Å². The molecule has 0 saturated heterocycles. The van der Waals surface area contributed by atoms with Gasteiger partial charge in [-0.2, -0.15) is 0 Å². The molecule has 2 rings (SSSR count). The summed E-state index contributed by atoms with van der Waals surface area (Å²) in [6.07, 6.45) is 5.07. The van der Waals surface area contributed by atoms with Crippen LogP contribution in [0.4, 0.5) is 0 Å². The van der Waals surface area contributed by atoms with Crippen LogP contribution in [0.15, 0.2) is 18.2 Å². The monoisotopic (exact) mass is 260 g/mol. The van der Waals surface area contributed by atoms with Crippen LogP contribution in [0.3, 0.4) is 0 Å². The van der Waals surface area contributed by atoms with Crippen LogP contribution in [0, 0.1) is 0 Å². The zero-order valence-corrected chi connectivity index (χ0v) is 12.9. The van der Waals surface area contributed by atoms with Crippen LogP contribution in [0.5, 0.6) is 0 Å². The zero-order valence-electron chi connectivity index (χ0n) is 12.9. The van der Waals surface area contributed by atoms with Crippen molar-refractivity contribution in [1.82, 2.24) is 10.2 Å². The van der Waals surface area contributed by atoms with Gasteiger partial charge in [-0.3, -0.25) is 0 Å². The molecule has 0 aromatic heterocycles. The average Bonchev–Trinajstić information content (AvgIpc) is 2.83. The molecule has 106 valence electrons. The standard InChI is InChI=1S/C17H28N2/c1-17(2,18-3)13-19(4)11-10-14-8-9-15-6-5-7-16(15)12-14/h8-9,12,18H,5-7,10-11,13H2,1-4H3. The molecule has 1 N–H and O–H groups in total. The fourth-order valence-corrected chi connectivity index (χ4v) is 2.93. The van der Waals surface area contributed by atoms with E-state index < -0.39 is 0 Å². The maximum Gasteiger partial charge on any atom is 0.0249 e. The lowest BCUT2D eigenvalue weighted by molar-refractivity contribution is 0.246. The predicted octanol–water partition coefficient (Wildman–Crippen LogP) is 2.65. The molecule has 0 saturated carbocycles. The minimum Gasteiger partial charge on any atom is -0.314 e. The highest BCUT2D eigenvalue weighted by Crippen LogP contribution is 2.23. The summed E-state index contributed by atoms with van der Waals surface area (Å²) in [5.74, 6) is 0. The van der Waals surface area contributed by atoms with Crippen LogP contribution < -0.4 is 5.32 Å². The normalized spacial score (nSPS) is 15.0. The van der Waals surface area contributed by atoms with Gasteiger partial charge in [0.2, 0.25) is 0 Å². The Balaban J connectivity index is 1.85. The lowest BCUT2D eigenvalue weighted by atomic mass is 10.0. The maximum absolute atomic E-state index is 3.36. The second-order valence-electron chi connectivity index (χ2n) is 6.58. The van der Waals surface area contributed by atoms with E-state index in [1.165, 1.54) is 24.8 Å². The number of rotatable bonds is 6. The quantitative estimate of drug-likeness (QED) is 0.846. The summed E-state index contributed by atoms with van der Waals surface area (Å²) in [4.78, 5) is 2.42. The number of hydrogen-bond donors (Lipinski definition) is 1. The van der Waals surface area contributed by atoms with Gasteiger partial charge in [-0.25, -0.2) is 0 Å². The lowest BCUT2D eigenvalue weighted by Crippen LogP contribution is -2.46. The minimum atomic E-state index is 0.187. The Morgan fingerprint density at radius 3 is 2.68 bits per heavy atom. The Morgan fingerprint density at radius 2 is 1.95 bits per heavy atom. The molecule has 0 spiro atoms. The van der Waals surface area contributed by atoms with E-state index in [0.717, 1.165) is 19.5 Å². The molecule has 0 radical (unpaired) electrons. The second kappa shape index (κ2) is 6.06. The summed E-state index contributed by atoms with van der Waals surface area (Å²) >= 11 is 0. The van der Waals surface area contributed by atoms with E-state index in [9.17, 15) is 0 Å². The average molecular weight is 260 g/mol. The third-order valence-corrected chi connectivity index (χ3v) is 4.29. The van der Waals surface area contributed by atoms with E-state index >= 15 is 0 Å². The second-order valence-corrected chi connectivity index (χ2v) is 6.58. The summed E-state index contributed by atoms with van der Waals surface area (Å²) < 4.78 is 0. The lowest BCUT2D eigenvalue weighted by Gasteiger charge is -2.30. The first-order valence-corrected chi connectivity index (χ1v) is 7.48. The van der Waals surface area contributed by atoms with Gasteiger partial charge in [0.15, 0.2) is 0 Å². The Kier molecular flexibility index (Phi) is 4.64. The molecule has 0 unspecified atom stereocenters. The number of fused-ring (bicyclic) bond motifs is 1. The molecular formula is C17H28N2. The van der Waals surface area contributed by atoms with Crippen LogP contribution in [0.25, 0.3) is 0 Å². The van der Waals surface area contributed by atoms with E-state index in [4.69, 9.17) is 0 Å². The number of likely N-dealkylation sites (N-methyl/N-ethyl adjacent to an activating group) is 2. The van der Waals surface area contributed by atoms with Gasteiger partial charge in [0.1, 0.15) is 0 Å². The van der Waals surface area contributed by atoms with Crippen LogP contribution in [-0.4, -0.2) is 37.6 Å². The zero-order chi connectivity index (χ0) is 13.9. The van der Waals surface area contributed by atoms with Crippen molar-refractivity contribution in [3.63, 3.8) is 0 Å². The molecule has 1 aliphatic rings. The van der Waals surface area contributed by atoms with Gasteiger partial charge < -0.3 is 10.2 Å². The summed E-state index contributed by atoms with van der Waals surface area (Å²) in [5.41, 5.74) is 4.85. The summed E-state index contributed by atoms with van der Waals surface area (Å²) in [7, 11) is 4.25. The molecule has 0 heterocycles. The Labute approximate surface area is 118 Å². The third kappa shape index (κ3) is 4.05. The highest BCUT2D eigenvalue weighted by atomic mass is 15.1. The Morgan fingerprint density at radius 1 is 1.21 bits per heavy atom. The van der Waals surface area contributed by atoms with Gasteiger partial charge in [0.05, 0.1) is 0 Å². The fourth-order valence-electron chi connectivity index (χ4n) is 2.93. The smallest absolute Gasteiger partial charge is 0.0249 e. The Bertz CT molecular complexity index is 423. The number of nitrogens with one attached hydrogen (secondary N) is 1. The molecule has 19 heavy (non-hydrogen) atoms. The first-order valence-electron chi connectivity index (χ1n) is 7.48. The van der Waals surface area contributed by atoms with Crippen LogP contribution >= 0.6 is 0 Å². The first-order chi connectivity index (χ1) is 9.00. The van der Waals surface area contributed by atoms with Crippen molar-refractivity contribution >= 4 is 0 Å². The highest BCUT2D eigenvalue weighted by Gasteiger charge is 2.17. The number of benzene rings is 1.